The van der Waals surface area contributed by atoms with Crippen LogP contribution in [-0.2, 0) is 9.59 Å². The van der Waals surface area contributed by atoms with Crippen molar-refractivity contribution in [3.8, 4) is 0 Å². The Morgan fingerprint density at radius 3 is 2.67 bits per heavy atom. The van der Waals surface area contributed by atoms with Gasteiger partial charge in [0.1, 0.15) is 0 Å². The average Bonchev–Trinajstić information content (AvgIpc) is 2.88. The van der Waals surface area contributed by atoms with E-state index in [0.717, 1.165) is 25.8 Å². The van der Waals surface area contributed by atoms with Gasteiger partial charge in [-0.25, -0.2) is 0 Å². The first-order valence-corrected chi connectivity index (χ1v) is 5.68. The summed E-state index contributed by atoms with van der Waals surface area (Å²) in [7, 11) is 0. The van der Waals surface area contributed by atoms with Crippen molar-refractivity contribution in [2.75, 3.05) is 6.54 Å². The molecule has 0 radical (unpaired) electrons. The number of carboxylic acids is 1. The Morgan fingerprint density at radius 2 is 2.13 bits per heavy atom. The van der Waals surface area contributed by atoms with Gasteiger partial charge in [0.05, 0.1) is 11.8 Å². The van der Waals surface area contributed by atoms with Crippen molar-refractivity contribution >= 4 is 11.9 Å². The molecule has 1 heterocycles. The van der Waals surface area contributed by atoms with Gasteiger partial charge in [-0.3, -0.25) is 9.59 Å². The second kappa shape index (κ2) is 3.83. The van der Waals surface area contributed by atoms with Crippen LogP contribution in [0, 0.1) is 11.8 Å². The zero-order chi connectivity index (χ0) is 11.0. The lowest BCUT2D eigenvalue weighted by Gasteiger charge is -2.23. The van der Waals surface area contributed by atoms with Crippen LogP contribution in [0.4, 0.5) is 0 Å². The van der Waals surface area contributed by atoms with Gasteiger partial charge in [-0.1, -0.05) is 6.92 Å². The van der Waals surface area contributed by atoms with E-state index in [0.29, 0.717) is 12.5 Å². The maximum Gasteiger partial charge on any atom is 0.307 e. The number of carboxylic acid groups (broad SMARTS) is 1. The van der Waals surface area contributed by atoms with E-state index in [9.17, 15) is 9.59 Å². The summed E-state index contributed by atoms with van der Waals surface area (Å²) in [5.74, 6) is -1.38. The van der Waals surface area contributed by atoms with Crippen LogP contribution in [0.15, 0.2) is 0 Å². The predicted octanol–water partition coefficient (Wildman–Crippen LogP) is 1.11. The summed E-state index contributed by atoms with van der Waals surface area (Å²) in [5.41, 5.74) is 0. The molecule has 2 rings (SSSR count). The monoisotopic (exact) mass is 211 g/mol. The third-order valence-electron chi connectivity index (χ3n) is 3.56. The van der Waals surface area contributed by atoms with E-state index >= 15 is 0 Å². The molecule has 1 aliphatic carbocycles. The number of amides is 1. The number of likely N-dealkylation sites (tertiary alicyclic amines) is 1. The summed E-state index contributed by atoms with van der Waals surface area (Å²) in [6, 6.07) is 0.354. The first-order valence-electron chi connectivity index (χ1n) is 5.68. The zero-order valence-corrected chi connectivity index (χ0v) is 8.98. The normalized spacial score (nSPS) is 34.2. The van der Waals surface area contributed by atoms with Crippen molar-refractivity contribution in [3.05, 3.63) is 0 Å². The molecule has 2 aliphatic rings. The molecular formula is C11H17NO3. The van der Waals surface area contributed by atoms with Gasteiger partial charge in [-0.2, -0.15) is 0 Å². The summed E-state index contributed by atoms with van der Waals surface area (Å²) in [5, 5.41) is 8.77. The van der Waals surface area contributed by atoms with Crippen LogP contribution < -0.4 is 0 Å². The molecule has 1 saturated carbocycles. The van der Waals surface area contributed by atoms with Gasteiger partial charge in [0, 0.05) is 12.6 Å². The highest BCUT2D eigenvalue weighted by Gasteiger charge is 2.50. The highest BCUT2D eigenvalue weighted by atomic mass is 16.4. The molecule has 4 nitrogen and oxygen atoms in total. The van der Waals surface area contributed by atoms with Crippen molar-refractivity contribution in [1.29, 1.82) is 0 Å². The molecule has 2 fully saturated rings. The number of hydrogen-bond acceptors (Lipinski definition) is 2. The van der Waals surface area contributed by atoms with Crippen molar-refractivity contribution in [3.63, 3.8) is 0 Å². The number of nitrogens with zero attached hydrogens (tertiary/aromatic N) is 1. The molecule has 15 heavy (non-hydrogen) atoms. The molecule has 84 valence electrons. The Balaban J connectivity index is 1.94. The van der Waals surface area contributed by atoms with Gasteiger partial charge in [0.2, 0.25) is 5.91 Å². The van der Waals surface area contributed by atoms with E-state index in [2.05, 4.69) is 6.92 Å². The van der Waals surface area contributed by atoms with Crippen LogP contribution in [-0.4, -0.2) is 34.5 Å². The lowest BCUT2D eigenvalue weighted by atomic mass is 10.1. The number of carbonyl (C=O) groups excluding carboxylic acids is 1. The maximum atomic E-state index is 12.0. The van der Waals surface area contributed by atoms with E-state index in [1.54, 1.807) is 0 Å². The fourth-order valence-corrected chi connectivity index (χ4v) is 2.50. The summed E-state index contributed by atoms with van der Waals surface area (Å²) < 4.78 is 0. The lowest BCUT2D eigenvalue weighted by Crippen LogP contribution is -2.36. The third kappa shape index (κ3) is 1.85. The van der Waals surface area contributed by atoms with E-state index in [-0.39, 0.29) is 11.8 Å². The smallest absolute Gasteiger partial charge is 0.307 e. The fourth-order valence-electron chi connectivity index (χ4n) is 2.50. The number of aliphatic carboxylic acids is 1. The summed E-state index contributed by atoms with van der Waals surface area (Å²) in [4.78, 5) is 24.5. The minimum atomic E-state index is -0.819. The van der Waals surface area contributed by atoms with Gasteiger partial charge in [-0.15, -0.1) is 0 Å². The largest absolute Gasteiger partial charge is 0.481 e. The van der Waals surface area contributed by atoms with Crippen LogP contribution >= 0.6 is 0 Å². The first kappa shape index (κ1) is 10.5. The molecule has 4 heteroatoms. The minimum Gasteiger partial charge on any atom is -0.481 e. The molecule has 0 aromatic heterocycles. The Labute approximate surface area is 89.3 Å². The van der Waals surface area contributed by atoms with Crippen molar-refractivity contribution in [1.82, 2.24) is 4.90 Å². The second-order valence-corrected chi connectivity index (χ2v) is 4.52. The van der Waals surface area contributed by atoms with Crippen LogP contribution in [0.2, 0.25) is 0 Å². The SMILES string of the molecule is CCC1CCCN1C(=O)C1CC1C(=O)O. The molecule has 1 N–H and O–H groups in total. The highest BCUT2D eigenvalue weighted by Crippen LogP contribution is 2.41. The van der Waals surface area contributed by atoms with E-state index in [1.165, 1.54) is 0 Å². The molecule has 1 amide bonds. The molecule has 3 atom stereocenters. The van der Waals surface area contributed by atoms with Crippen LogP contribution in [0.1, 0.15) is 32.6 Å². The Hall–Kier alpha value is -1.06. The van der Waals surface area contributed by atoms with Crippen molar-refractivity contribution in [2.45, 2.75) is 38.6 Å². The Bertz CT molecular complexity index is 290. The molecule has 0 bridgehead atoms. The maximum absolute atomic E-state index is 12.0. The van der Waals surface area contributed by atoms with Crippen molar-refractivity contribution < 1.29 is 14.7 Å². The van der Waals surface area contributed by atoms with E-state index in [4.69, 9.17) is 5.11 Å². The average molecular weight is 211 g/mol. The van der Waals surface area contributed by atoms with E-state index in [1.807, 2.05) is 4.90 Å². The molecule has 0 aromatic rings. The molecule has 3 unspecified atom stereocenters. The number of rotatable bonds is 3. The summed E-state index contributed by atoms with van der Waals surface area (Å²) in [6.45, 7) is 2.90. The molecule has 1 saturated heterocycles. The van der Waals surface area contributed by atoms with Crippen LogP contribution in [0.5, 0.6) is 0 Å². The van der Waals surface area contributed by atoms with Gasteiger partial charge in [-0.05, 0) is 25.7 Å². The number of carbonyl (C=O) groups is 2. The molecule has 0 spiro atoms. The molecule has 1 aliphatic heterocycles. The first-order chi connectivity index (χ1) is 7.15. The number of hydrogen-bond donors (Lipinski definition) is 1. The standard InChI is InChI=1S/C11H17NO3/c1-2-7-4-3-5-12(7)10(13)8-6-9(8)11(14)15/h7-9H,2-6H2,1H3,(H,14,15). The molecule has 0 aromatic carbocycles. The van der Waals surface area contributed by atoms with Gasteiger partial charge in [0.25, 0.3) is 0 Å². The van der Waals surface area contributed by atoms with Crippen molar-refractivity contribution in [2.24, 2.45) is 11.8 Å². The fraction of sp³-hybridized carbons (Fsp3) is 0.818. The second-order valence-electron chi connectivity index (χ2n) is 4.52. The predicted molar refractivity (Wildman–Crippen MR) is 54.3 cm³/mol. The quantitative estimate of drug-likeness (QED) is 0.760. The minimum absolute atomic E-state index is 0.0757. The Kier molecular flexibility index (Phi) is 2.67. The van der Waals surface area contributed by atoms with E-state index < -0.39 is 11.9 Å². The van der Waals surface area contributed by atoms with Gasteiger partial charge < -0.3 is 10.0 Å². The summed E-state index contributed by atoms with van der Waals surface area (Å²) >= 11 is 0. The topological polar surface area (TPSA) is 57.6 Å². The van der Waals surface area contributed by atoms with Gasteiger partial charge >= 0.3 is 5.97 Å². The zero-order valence-electron chi connectivity index (χ0n) is 8.98. The summed E-state index contributed by atoms with van der Waals surface area (Å²) in [6.07, 6.45) is 3.67. The van der Waals surface area contributed by atoms with Crippen LogP contribution in [0.25, 0.3) is 0 Å². The molecular weight excluding hydrogens is 194 g/mol. The van der Waals surface area contributed by atoms with Crippen LogP contribution in [0.3, 0.4) is 0 Å². The van der Waals surface area contributed by atoms with Gasteiger partial charge in [0.15, 0.2) is 0 Å². The highest BCUT2D eigenvalue weighted by molar-refractivity contribution is 5.89. The Morgan fingerprint density at radius 1 is 1.40 bits per heavy atom. The third-order valence-corrected chi connectivity index (χ3v) is 3.56. The lowest BCUT2D eigenvalue weighted by molar-refractivity contribution is -0.142.